The maximum atomic E-state index is 12.5. The number of fused-ring (bicyclic) bond motifs is 1. The van der Waals surface area contributed by atoms with E-state index in [2.05, 4.69) is 41.7 Å². The number of rotatable bonds is 3. The molecule has 0 N–H and O–H groups in total. The predicted molar refractivity (Wildman–Crippen MR) is 111 cm³/mol. The van der Waals surface area contributed by atoms with E-state index >= 15 is 0 Å². The average molecular weight is 391 g/mol. The Balaban J connectivity index is 1.87. The van der Waals surface area contributed by atoms with Crippen LogP contribution in [0.1, 0.15) is 46.4 Å². The van der Waals surface area contributed by atoms with Gasteiger partial charge in [0.1, 0.15) is 22.6 Å². The number of hydrogen-bond acceptors (Lipinski definition) is 6. The van der Waals surface area contributed by atoms with E-state index < -0.39 is 5.60 Å². The standard InChI is InChI=1S/C20H30N4O2S/c1-7-14-10-15-17(21-12-22-18(15)27-14)24-9-8-23(11-16(24)13(2)3)19(25)26-20(4,5)6/h10,12-13,16H,7-9,11H2,1-6H3. The van der Waals surface area contributed by atoms with Crippen LogP contribution in [-0.2, 0) is 11.2 Å². The maximum absolute atomic E-state index is 12.5. The van der Waals surface area contributed by atoms with Crippen LogP contribution in [0.25, 0.3) is 10.2 Å². The van der Waals surface area contributed by atoms with Crippen molar-refractivity contribution in [2.45, 2.75) is 59.6 Å². The number of nitrogens with zero attached hydrogens (tertiary/aromatic N) is 4. The molecule has 1 aliphatic heterocycles. The molecule has 2 aromatic heterocycles. The first-order valence-corrected chi connectivity index (χ1v) is 10.5. The van der Waals surface area contributed by atoms with Crippen molar-refractivity contribution >= 4 is 33.5 Å². The Labute approximate surface area is 165 Å². The van der Waals surface area contributed by atoms with E-state index in [9.17, 15) is 4.79 Å². The Morgan fingerprint density at radius 3 is 2.70 bits per heavy atom. The van der Waals surface area contributed by atoms with Gasteiger partial charge in [-0.05, 0) is 39.2 Å². The molecule has 3 heterocycles. The van der Waals surface area contributed by atoms with Crippen LogP contribution >= 0.6 is 11.3 Å². The number of aromatic nitrogens is 2. The second kappa shape index (κ2) is 7.62. The summed E-state index contributed by atoms with van der Waals surface area (Å²) in [6.07, 6.45) is 2.43. The molecule has 0 aromatic carbocycles. The summed E-state index contributed by atoms with van der Waals surface area (Å²) in [6, 6.07) is 2.40. The molecule has 1 fully saturated rings. The Morgan fingerprint density at radius 1 is 1.33 bits per heavy atom. The van der Waals surface area contributed by atoms with Gasteiger partial charge in [-0.3, -0.25) is 0 Å². The normalized spacial score (nSPS) is 18.4. The van der Waals surface area contributed by atoms with Crippen LogP contribution in [0.15, 0.2) is 12.4 Å². The van der Waals surface area contributed by atoms with Gasteiger partial charge in [0.15, 0.2) is 0 Å². The number of carbonyl (C=O) groups excluding carboxylic acids is 1. The summed E-state index contributed by atoms with van der Waals surface area (Å²) < 4.78 is 5.58. The van der Waals surface area contributed by atoms with Crippen LogP contribution in [0, 0.1) is 5.92 Å². The van der Waals surface area contributed by atoms with Crippen molar-refractivity contribution in [3.05, 3.63) is 17.3 Å². The minimum atomic E-state index is -0.479. The molecule has 3 rings (SSSR count). The van der Waals surface area contributed by atoms with E-state index in [0.29, 0.717) is 19.0 Å². The summed E-state index contributed by atoms with van der Waals surface area (Å²) in [5.41, 5.74) is -0.479. The highest BCUT2D eigenvalue weighted by atomic mass is 32.1. The Kier molecular flexibility index (Phi) is 5.60. The fourth-order valence-corrected chi connectivity index (χ4v) is 4.36. The quantitative estimate of drug-likeness (QED) is 0.780. The van der Waals surface area contributed by atoms with Gasteiger partial charge in [0.25, 0.3) is 0 Å². The summed E-state index contributed by atoms with van der Waals surface area (Å²) >= 11 is 1.73. The SMILES string of the molecule is CCc1cc2c(N3CCN(C(=O)OC(C)(C)C)CC3C(C)C)ncnc2s1. The molecular formula is C20H30N4O2S. The number of thiophene rings is 1. The van der Waals surface area contributed by atoms with Gasteiger partial charge in [-0.2, -0.15) is 0 Å². The molecule has 7 heteroatoms. The lowest BCUT2D eigenvalue weighted by molar-refractivity contribution is 0.0201. The summed E-state index contributed by atoms with van der Waals surface area (Å²) in [6.45, 7) is 14.3. The van der Waals surface area contributed by atoms with Crippen LogP contribution in [0.2, 0.25) is 0 Å². The van der Waals surface area contributed by atoms with E-state index in [0.717, 1.165) is 29.0 Å². The van der Waals surface area contributed by atoms with Crippen LogP contribution in [0.3, 0.4) is 0 Å². The molecule has 0 spiro atoms. The number of ether oxygens (including phenoxy) is 1. The molecule has 1 atom stereocenters. The summed E-state index contributed by atoms with van der Waals surface area (Å²) in [4.78, 5) is 28.2. The zero-order valence-corrected chi connectivity index (χ0v) is 18.0. The van der Waals surface area contributed by atoms with Gasteiger partial charge < -0.3 is 14.5 Å². The minimum Gasteiger partial charge on any atom is -0.444 e. The molecule has 0 aliphatic carbocycles. The van der Waals surface area contributed by atoms with Crippen molar-refractivity contribution in [2.24, 2.45) is 5.92 Å². The fraction of sp³-hybridized carbons (Fsp3) is 0.650. The van der Waals surface area contributed by atoms with Gasteiger partial charge in [-0.25, -0.2) is 14.8 Å². The molecule has 0 bridgehead atoms. The summed E-state index contributed by atoms with van der Waals surface area (Å²) in [5.74, 6) is 1.36. The van der Waals surface area contributed by atoms with Crippen LogP contribution in [0.5, 0.6) is 0 Å². The highest BCUT2D eigenvalue weighted by Crippen LogP contribution is 2.33. The number of piperazine rings is 1. The highest BCUT2D eigenvalue weighted by molar-refractivity contribution is 7.18. The molecule has 1 saturated heterocycles. The minimum absolute atomic E-state index is 0.189. The molecule has 0 saturated carbocycles. The van der Waals surface area contributed by atoms with Crippen molar-refractivity contribution in [2.75, 3.05) is 24.5 Å². The van der Waals surface area contributed by atoms with Crippen LogP contribution in [0.4, 0.5) is 10.6 Å². The Hall–Kier alpha value is -1.89. The van der Waals surface area contributed by atoms with Crippen molar-refractivity contribution in [3.8, 4) is 0 Å². The molecule has 148 valence electrons. The third-order valence-electron chi connectivity index (χ3n) is 4.82. The van der Waals surface area contributed by atoms with Gasteiger partial charge in [0.05, 0.1) is 11.4 Å². The second-order valence-corrected chi connectivity index (χ2v) is 9.53. The first kappa shape index (κ1) is 19.9. The van der Waals surface area contributed by atoms with E-state index in [-0.39, 0.29) is 12.1 Å². The molecule has 1 unspecified atom stereocenters. The molecule has 2 aromatic rings. The van der Waals surface area contributed by atoms with Crippen molar-refractivity contribution in [3.63, 3.8) is 0 Å². The lowest BCUT2D eigenvalue weighted by atomic mass is 9.99. The largest absolute Gasteiger partial charge is 0.444 e. The average Bonchev–Trinajstić information content (AvgIpc) is 3.03. The predicted octanol–water partition coefficient (Wildman–Crippen LogP) is 4.34. The fourth-order valence-electron chi connectivity index (χ4n) is 3.43. The van der Waals surface area contributed by atoms with Gasteiger partial charge in [-0.15, -0.1) is 11.3 Å². The number of carbonyl (C=O) groups is 1. The smallest absolute Gasteiger partial charge is 0.410 e. The van der Waals surface area contributed by atoms with E-state index in [1.54, 1.807) is 17.7 Å². The lowest BCUT2D eigenvalue weighted by Gasteiger charge is -2.44. The Morgan fingerprint density at radius 2 is 2.07 bits per heavy atom. The molecule has 27 heavy (non-hydrogen) atoms. The number of anilines is 1. The summed E-state index contributed by atoms with van der Waals surface area (Å²) in [7, 11) is 0. The zero-order chi connectivity index (χ0) is 19.8. The topological polar surface area (TPSA) is 58.6 Å². The Bertz CT molecular complexity index is 812. The molecule has 6 nitrogen and oxygen atoms in total. The third kappa shape index (κ3) is 4.34. The molecular weight excluding hydrogens is 360 g/mol. The van der Waals surface area contributed by atoms with Crippen LogP contribution in [-0.4, -0.2) is 52.2 Å². The maximum Gasteiger partial charge on any atom is 0.410 e. The second-order valence-electron chi connectivity index (χ2n) is 8.41. The van der Waals surface area contributed by atoms with Gasteiger partial charge in [0.2, 0.25) is 0 Å². The molecule has 0 radical (unpaired) electrons. The zero-order valence-electron chi connectivity index (χ0n) is 17.2. The lowest BCUT2D eigenvalue weighted by Crippen LogP contribution is -2.57. The van der Waals surface area contributed by atoms with E-state index in [1.165, 1.54) is 4.88 Å². The first-order chi connectivity index (χ1) is 12.7. The van der Waals surface area contributed by atoms with Crippen LogP contribution < -0.4 is 4.90 Å². The van der Waals surface area contributed by atoms with Gasteiger partial charge in [0, 0.05) is 24.5 Å². The van der Waals surface area contributed by atoms with Crippen molar-refractivity contribution in [1.82, 2.24) is 14.9 Å². The number of amides is 1. The molecule has 1 aliphatic rings. The monoisotopic (exact) mass is 390 g/mol. The number of aryl methyl sites for hydroxylation is 1. The van der Waals surface area contributed by atoms with Crippen molar-refractivity contribution < 1.29 is 9.53 Å². The van der Waals surface area contributed by atoms with Gasteiger partial charge >= 0.3 is 6.09 Å². The van der Waals surface area contributed by atoms with Gasteiger partial charge in [-0.1, -0.05) is 20.8 Å². The first-order valence-electron chi connectivity index (χ1n) is 9.67. The van der Waals surface area contributed by atoms with E-state index in [1.807, 2.05) is 25.7 Å². The third-order valence-corrected chi connectivity index (χ3v) is 6.01. The van der Waals surface area contributed by atoms with E-state index in [4.69, 9.17) is 4.74 Å². The summed E-state index contributed by atoms with van der Waals surface area (Å²) in [5, 5.41) is 1.12. The highest BCUT2D eigenvalue weighted by Gasteiger charge is 2.35. The van der Waals surface area contributed by atoms with Crippen molar-refractivity contribution in [1.29, 1.82) is 0 Å². The molecule has 1 amide bonds. The number of hydrogen-bond donors (Lipinski definition) is 0.